The topological polar surface area (TPSA) is 106 Å². The van der Waals surface area contributed by atoms with Crippen LogP contribution in [0.25, 0.3) is 0 Å². The summed E-state index contributed by atoms with van der Waals surface area (Å²) in [6, 6.07) is 0. The lowest BCUT2D eigenvalue weighted by Crippen LogP contribution is -2.40. The van der Waals surface area contributed by atoms with Crippen molar-refractivity contribution in [2.24, 2.45) is 5.92 Å². The van der Waals surface area contributed by atoms with Crippen molar-refractivity contribution in [2.75, 3.05) is 18.4 Å². The fourth-order valence-corrected chi connectivity index (χ4v) is 3.21. The zero-order chi connectivity index (χ0) is 14.5. The second kappa shape index (κ2) is 6.58. The van der Waals surface area contributed by atoms with Gasteiger partial charge >= 0.3 is 6.09 Å². The average molecular weight is 312 g/mol. The van der Waals surface area contributed by atoms with Gasteiger partial charge in [0.05, 0.1) is 10.4 Å². The number of likely N-dealkylation sites (tertiary alicyclic amines) is 1. The molecule has 0 atom stereocenters. The number of amides is 2. The SMILES string of the molecule is N#CSc1cnc(NC(=O)C2CCN(C(=O)O)CC2)s1. The summed E-state index contributed by atoms with van der Waals surface area (Å²) in [4.78, 5) is 28.1. The smallest absolute Gasteiger partial charge is 0.407 e. The molecule has 1 aliphatic rings. The van der Waals surface area contributed by atoms with E-state index in [4.69, 9.17) is 10.4 Å². The molecule has 1 aliphatic heterocycles. The van der Waals surface area contributed by atoms with E-state index in [0.717, 1.165) is 16.0 Å². The normalized spacial score (nSPS) is 15.7. The minimum absolute atomic E-state index is 0.141. The van der Waals surface area contributed by atoms with Crippen LogP contribution in [0.2, 0.25) is 0 Å². The molecular formula is C11H12N4O3S2. The summed E-state index contributed by atoms with van der Waals surface area (Å²) in [5, 5.41) is 22.5. The number of carbonyl (C=O) groups is 2. The van der Waals surface area contributed by atoms with Crippen LogP contribution in [0.5, 0.6) is 0 Å². The molecule has 106 valence electrons. The van der Waals surface area contributed by atoms with Crippen molar-refractivity contribution in [3.05, 3.63) is 6.20 Å². The second-order valence-corrected chi connectivity index (χ2v) is 6.33. The molecule has 1 fully saturated rings. The van der Waals surface area contributed by atoms with Crippen LogP contribution in [-0.2, 0) is 4.79 Å². The van der Waals surface area contributed by atoms with E-state index in [2.05, 4.69) is 10.3 Å². The van der Waals surface area contributed by atoms with Crippen LogP contribution in [-0.4, -0.2) is 40.1 Å². The van der Waals surface area contributed by atoms with Crippen molar-refractivity contribution in [2.45, 2.75) is 17.1 Å². The maximum Gasteiger partial charge on any atom is 0.407 e. The van der Waals surface area contributed by atoms with E-state index in [1.807, 2.05) is 5.40 Å². The minimum Gasteiger partial charge on any atom is -0.465 e. The molecule has 2 heterocycles. The summed E-state index contributed by atoms with van der Waals surface area (Å²) in [6.07, 6.45) is 1.63. The fraction of sp³-hybridized carbons (Fsp3) is 0.455. The van der Waals surface area contributed by atoms with Gasteiger partial charge in [0.15, 0.2) is 5.13 Å². The van der Waals surface area contributed by atoms with Gasteiger partial charge in [0.1, 0.15) is 5.40 Å². The lowest BCUT2D eigenvalue weighted by molar-refractivity contribution is -0.121. The van der Waals surface area contributed by atoms with E-state index >= 15 is 0 Å². The Bertz CT molecular complexity index is 546. The first-order valence-electron chi connectivity index (χ1n) is 5.90. The molecule has 0 aromatic carbocycles. The first-order chi connectivity index (χ1) is 9.60. The predicted molar refractivity (Wildman–Crippen MR) is 74.5 cm³/mol. The van der Waals surface area contributed by atoms with Crippen LogP contribution in [0.15, 0.2) is 10.4 Å². The third kappa shape index (κ3) is 3.61. The van der Waals surface area contributed by atoms with Crippen LogP contribution in [0.4, 0.5) is 9.93 Å². The lowest BCUT2D eigenvalue weighted by atomic mass is 9.96. The lowest BCUT2D eigenvalue weighted by Gasteiger charge is -2.28. The molecule has 20 heavy (non-hydrogen) atoms. The summed E-state index contributed by atoms with van der Waals surface area (Å²) in [5.74, 6) is -0.334. The van der Waals surface area contributed by atoms with Gasteiger partial charge in [-0.05, 0) is 12.8 Å². The monoisotopic (exact) mass is 312 g/mol. The number of piperidine rings is 1. The fourth-order valence-electron chi connectivity index (χ4n) is 1.95. The number of hydrogen-bond donors (Lipinski definition) is 2. The molecule has 9 heteroatoms. The van der Waals surface area contributed by atoms with Gasteiger partial charge in [0, 0.05) is 30.8 Å². The first kappa shape index (κ1) is 14.6. The number of thiazole rings is 1. The van der Waals surface area contributed by atoms with Crippen LogP contribution in [0.3, 0.4) is 0 Å². The summed E-state index contributed by atoms with van der Waals surface area (Å²) in [7, 11) is 0. The molecule has 1 aromatic rings. The van der Waals surface area contributed by atoms with Gasteiger partial charge in [0.2, 0.25) is 5.91 Å². The van der Waals surface area contributed by atoms with Gasteiger partial charge in [-0.25, -0.2) is 9.78 Å². The Morgan fingerprint density at radius 3 is 2.85 bits per heavy atom. The van der Waals surface area contributed by atoms with Gasteiger partial charge in [-0.3, -0.25) is 4.79 Å². The van der Waals surface area contributed by atoms with Crippen molar-refractivity contribution in [3.63, 3.8) is 0 Å². The highest BCUT2D eigenvalue weighted by Gasteiger charge is 2.27. The van der Waals surface area contributed by atoms with E-state index in [9.17, 15) is 9.59 Å². The minimum atomic E-state index is -0.943. The molecular weight excluding hydrogens is 300 g/mol. The maximum atomic E-state index is 12.0. The van der Waals surface area contributed by atoms with Crippen molar-refractivity contribution >= 4 is 40.2 Å². The second-order valence-electron chi connectivity index (χ2n) is 4.21. The highest BCUT2D eigenvalue weighted by Crippen LogP contribution is 2.28. The largest absolute Gasteiger partial charge is 0.465 e. The number of nitrogens with zero attached hydrogens (tertiary/aromatic N) is 3. The van der Waals surface area contributed by atoms with E-state index in [-0.39, 0.29) is 11.8 Å². The summed E-state index contributed by atoms with van der Waals surface area (Å²) in [5.41, 5.74) is 0. The highest BCUT2D eigenvalue weighted by molar-refractivity contribution is 8.05. The number of aromatic nitrogens is 1. The Balaban J connectivity index is 1.86. The Morgan fingerprint density at radius 2 is 2.25 bits per heavy atom. The number of carboxylic acid groups (broad SMARTS) is 1. The maximum absolute atomic E-state index is 12.0. The van der Waals surface area contributed by atoms with Crippen LogP contribution in [0.1, 0.15) is 12.8 Å². The van der Waals surface area contributed by atoms with Gasteiger partial charge < -0.3 is 15.3 Å². The Morgan fingerprint density at radius 1 is 1.55 bits per heavy atom. The Labute approximate surface area is 123 Å². The molecule has 2 amide bonds. The van der Waals surface area contributed by atoms with E-state index in [0.29, 0.717) is 31.1 Å². The zero-order valence-electron chi connectivity index (χ0n) is 10.4. The molecule has 0 spiro atoms. The summed E-state index contributed by atoms with van der Waals surface area (Å²) >= 11 is 2.25. The van der Waals surface area contributed by atoms with Crippen LogP contribution in [0, 0.1) is 16.6 Å². The predicted octanol–water partition coefficient (Wildman–Crippen LogP) is 2.04. The molecule has 0 bridgehead atoms. The molecule has 7 nitrogen and oxygen atoms in total. The molecule has 1 aromatic heterocycles. The Kier molecular flexibility index (Phi) is 4.81. The van der Waals surface area contributed by atoms with Crippen LogP contribution >= 0.6 is 23.1 Å². The summed E-state index contributed by atoms with van der Waals surface area (Å²) < 4.78 is 0.725. The van der Waals surface area contributed by atoms with E-state index in [1.165, 1.54) is 16.2 Å². The van der Waals surface area contributed by atoms with Crippen LogP contribution < -0.4 is 5.32 Å². The van der Waals surface area contributed by atoms with Gasteiger partial charge in [0.25, 0.3) is 0 Å². The molecule has 0 radical (unpaired) electrons. The zero-order valence-corrected chi connectivity index (χ0v) is 12.0. The summed E-state index contributed by atoms with van der Waals surface area (Å²) in [6.45, 7) is 0.752. The molecule has 0 unspecified atom stereocenters. The number of carbonyl (C=O) groups excluding carboxylic acids is 1. The third-order valence-corrected chi connectivity index (χ3v) is 4.60. The van der Waals surface area contributed by atoms with E-state index in [1.54, 1.807) is 6.20 Å². The molecule has 2 N–H and O–H groups in total. The van der Waals surface area contributed by atoms with Crippen molar-refractivity contribution < 1.29 is 14.7 Å². The van der Waals surface area contributed by atoms with Gasteiger partial charge in [-0.1, -0.05) is 11.3 Å². The molecule has 0 aliphatic carbocycles. The number of nitrogens with one attached hydrogen (secondary N) is 1. The first-order valence-corrected chi connectivity index (χ1v) is 7.54. The number of hydrogen-bond acceptors (Lipinski definition) is 6. The van der Waals surface area contributed by atoms with Gasteiger partial charge in [-0.15, -0.1) is 0 Å². The van der Waals surface area contributed by atoms with Crippen molar-refractivity contribution in [1.82, 2.24) is 9.88 Å². The van der Waals surface area contributed by atoms with Gasteiger partial charge in [-0.2, -0.15) is 5.26 Å². The van der Waals surface area contributed by atoms with Crippen molar-refractivity contribution in [1.29, 1.82) is 5.26 Å². The average Bonchev–Trinajstić information content (AvgIpc) is 2.86. The number of anilines is 1. The standard InChI is InChI=1S/C11H12N4O3S2/c12-6-19-8-5-13-10(20-8)14-9(16)7-1-3-15(4-2-7)11(17)18/h5,7H,1-4H2,(H,17,18)(H,13,14,16). The number of thioether (sulfide) groups is 1. The molecule has 1 saturated heterocycles. The molecule has 0 saturated carbocycles. The van der Waals surface area contributed by atoms with Crippen molar-refractivity contribution in [3.8, 4) is 5.40 Å². The van der Waals surface area contributed by atoms with E-state index < -0.39 is 6.09 Å². The Hall–Kier alpha value is -1.79. The number of nitriles is 1. The number of thiocyanates is 1. The molecule has 2 rings (SSSR count). The number of rotatable bonds is 3. The highest BCUT2D eigenvalue weighted by atomic mass is 32.2. The third-order valence-electron chi connectivity index (χ3n) is 3.00. The quantitative estimate of drug-likeness (QED) is 0.653.